The lowest BCUT2D eigenvalue weighted by Gasteiger charge is -2.28. The van der Waals surface area contributed by atoms with Crippen LogP contribution < -0.4 is 4.90 Å². The van der Waals surface area contributed by atoms with Crippen LogP contribution in [0.3, 0.4) is 0 Å². The van der Waals surface area contributed by atoms with Gasteiger partial charge in [-0.15, -0.1) is 22.7 Å². The van der Waals surface area contributed by atoms with Gasteiger partial charge in [0, 0.05) is 63.1 Å². The normalized spacial score (nSPS) is 16.9. The molecule has 0 bridgehead atoms. The lowest BCUT2D eigenvalue weighted by Crippen LogP contribution is -2.29. The Balaban J connectivity index is 1.01. The molecule has 0 radical (unpaired) electrons. The third kappa shape index (κ3) is 4.75. The van der Waals surface area contributed by atoms with Crippen LogP contribution in [0.2, 0.25) is 0 Å². The summed E-state index contributed by atoms with van der Waals surface area (Å²) in [6.45, 7) is 0. The molecule has 3 aliphatic rings. The predicted molar refractivity (Wildman–Crippen MR) is 248 cm³/mol. The highest BCUT2D eigenvalue weighted by Gasteiger charge is 2.40. The molecule has 58 heavy (non-hydrogen) atoms. The van der Waals surface area contributed by atoms with E-state index in [-0.39, 0.29) is 12.0 Å². The Morgan fingerprint density at radius 2 is 1.38 bits per heavy atom. The van der Waals surface area contributed by atoms with Gasteiger partial charge in [-0.3, -0.25) is 0 Å². The van der Waals surface area contributed by atoms with Gasteiger partial charge >= 0.3 is 0 Å². The van der Waals surface area contributed by atoms with E-state index in [1.165, 1.54) is 84.9 Å². The molecular weight excluding hydrogens is 743 g/mol. The molecule has 6 aromatic carbocycles. The van der Waals surface area contributed by atoms with Crippen molar-refractivity contribution >= 4 is 92.3 Å². The van der Waals surface area contributed by atoms with Gasteiger partial charge in [0.05, 0.1) is 28.5 Å². The number of hydrogen-bond donors (Lipinski definition) is 0. The summed E-state index contributed by atoms with van der Waals surface area (Å²) in [6.07, 6.45) is 16.1. The maximum absolute atomic E-state index is 5.51. The zero-order valence-electron chi connectivity index (χ0n) is 31.5. The van der Waals surface area contributed by atoms with Gasteiger partial charge in [-0.25, -0.2) is 4.98 Å². The van der Waals surface area contributed by atoms with Crippen molar-refractivity contribution in [2.45, 2.75) is 24.8 Å². The van der Waals surface area contributed by atoms with Crippen LogP contribution in [0.1, 0.15) is 28.3 Å². The Bertz CT molecular complexity index is 3440. The molecule has 0 saturated carbocycles. The highest BCUT2D eigenvalue weighted by atomic mass is 32.1. The number of allylic oxidation sites excluding steroid dienone is 3. The van der Waals surface area contributed by atoms with Crippen LogP contribution in [0, 0.1) is 0 Å². The van der Waals surface area contributed by atoms with Crippen molar-refractivity contribution < 1.29 is 0 Å². The number of benzene rings is 6. The highest BCUT2D eigenvalue weighted by molar-refractivity contribution is 7.25. The third-order valence-electron chi connectivity index (χ3n) is 12.6. The number of para-hydroxylation sites is 1. The third-order valence-corrected chi connectivity index (χ3v) is 15.0. The molecule has 274 valence electrons. The lowest BCUT2D eigenvalue weighted by molar-refractivity contribution is 0.738. The number of anilines is 2. The van der Waals surface area contributed by atoms with Crippen molar-refractivity contribution in [2.24, 2.45) is 0 Å². The minimum absolute atomic E-state index is 0.103. The molecule has 4 aromatic heterocycles. The first-order chi connectivity index (χ1) is 28.7. The summed E-state index contributed by atoms with van der Waals surface area (Å²) in [4.78, 5) is 9.54. The summed E-state index contributed by atoms with van der Waals surface area (Å²) in [6, 6.07) is 52.0. The van der Waals surface area contributed by atoms with Gasteiger partial charge in [0.25, 0.3) is 0 Å². The van der Waals surface area contributed by atoms with E-state index in [9.17, 15) is 0 Å². The molecule has 10 aromatic rings. The van der Waals surface area contributed by atoms with Crippen LogP contribution in [0.5, 0.6) is 0 Å². The van der Waals surface area contributed by atoms with Gasteiger partial charge < -0.3 is 9.47 Å². The van der Waals surface area contributed by atoms with Gasteiger partial charge in [0.1, 0.15) is 5.82 Å². The number of fused-ring (bicyclic) bond motifs is 13. The highest BCUT2D eigenvalue weighted by Crippen LogP contribution is 2.53. The molecule has 5 heterocycles. The summed E-state index contributed by atoms with van der Waals surface area (Å²) in [5, 5.41) is 6.46. The van der Waals surface area contributed by atoms with Crippen LogP contribution in [0.25, 0.3) is 86.2 Å². The van der Waals surface area contributed by atoms with Crippen molar-refractivity contribution in [3.8, 4) is 28.1 Å². The van der Waals surface area contributed by atoms with Gasteiger partial charge in [-0.2, -0.15) is 0 Å². The van der Waals surface area contributed by atoms with Crippen LogP contribution in [0.15, 0.2) is 170 Å². The topological polar surface area (TPSA) is 21.1 Å². The maximum Gasteiger partial charge on any atom is 0.134 e. The second-order valence-corrected chi connectivity index (χ2v) is 18.0. The summed E-state index contributed by atoms with van der Waals surface area (Å²) >= 11 is 3.81. The Kier molecular flexibility index (Phi) is 7.00. The second-order valence-electron chi connectivity index (χ2n) is 15.7. The van der Waals surface area contributed by atoms with Crippen molar-refractivity contribution in [3.05, 3.63) is 186 Å². The molecule has 0 N–H and O–H groups in total. The largest absolute Gasteiger partial charge is 0.316 e. The number of hydrogen-bond acceptors (Lipinski definition) is 4. The second kappa shape index (κ2) is 12.5. The fourth-order valence-electron chi connectivity index (χ4n) is 9.95. The van der Waals surface area contributed by atoms with E-state index in [1.807, 2.05) is 22.7 Å². The van der Waals surface area contributed by atoms with Gasteiger partial charge in [-0.1, -0.05) is 115 Å². The first-order valence-corrected chi connectivity index (χ1v) is 21.8. The standard InChI is InChI=1S/C53H35N3S2/c1-5-18-45-36(13-1)40-25-26-41-37-14-2-6-19-46(37)56(51-22-10-17-44(54-51)34-24-28-50-43(31-34)39-16-4-8-21-48(39)58-50)53(41)52(40)55(45)35-12-9-11-32(29-35)33-23-27-49-42(30-33)38-15-3-7-20-47(38)57-49/h1-6,8-19,21-31,37,46H,7,20H2. The molecular formula is C53H35N3S2. The van der Waals surface area contributed by atoms with E-state index in [0.717, 1.165) is 35.6 Å². The number of rotatable bonds is 4. The van der Waals surface area contributed by atoms with E-state index in [1.54, 1.807) is 0 Å². The Labute approximate surface area is 343 Å². The average Bonchev–Trinajstić information content (AvgIpc) is 4.04. The molecule has 0 amide bonds. The van der Waals surface area contributed by atoms with E-state index in [0.29, 0.717) is 0 Å². The van der Waals surface area contributed by atoms with E-state index >= 15 is 0 Å². The number of aromatic nitrogens is 2. The van der Waals surface area contributed by atoms with Crippen LogP contribution >= 0.6 is 22.7 Å². The van der Waals surface area contributed by atoms with Gasteiger partial charge in [-0.05, 0) is 95.8 Å². The molecule has 0 fully saturated rings. The van der Waals surface area contributed by atoms with E-state index in [2.05, 4.69) is 185 Å². The molecule has 0 saturated heterocycles. The monoisotopic (exact) mass is 777 g/mol. The van der Waals surface area contributed by atoms with Crippen LogP contribution in [-0.4, -0.2) is 15.6 Å². The van der Waals surface area contributed by atoms with Gasteiger partial charge in [0.15, 0.2) is 0 Å². The predicted octanol–water partition coefficient (Wildman–Crippen LogP) is 14.8. The van der Waals surface area contributed by atoms with Crippen molar-refractivity contribution in [2.75, 3.05) is 4.90 Å². The number of thiophene rings is 2. The first-order valence-electron chi connectivity index (χ1n) is 20.2. The van der Waals surface area contributed by atoms with E-state index < -0.39 is 0 Å². The van der Waals surface area contributed by atoms with Crippen LogP contribution in [0.4, 0.5) is 11.5 Å². The molecule has 3 nitrogen and oxygen atoms in total. The summed E-state index contributed by atoms with van der Waals surface area (Å²) in [7, 11) is 0. The molecule has 2 aliphatic carbocycles. The first kappa shape index (κ1) is 32.5. The minimum Gasteiger partial charge on any atom is -0.316 e. The fraction of sp³-hybridized carbons (Fsp3) is 0.0755. The Hall–Kier alpha value is -6.53. The molecule has 1 aliphatic heterocycles. The number of aryl methyl sites for hydroxylation is 1. The average molecular weight is 778 g/mol. The molecule has 5 heteroatoms. The molecule has 0 spiro atoms. The Morgan fingerprint density at radius 1 is 0.586 bits per heavy atom. The fourth-order valence-corrected chi connectivity index (χ4v) is 12.2. The van der Waals surface area contributed by atoms with Crippen molar-refractivity contribution in [1.29, 1.82) is 0 Å². The van der Waals surface area contributed by atoms with Crippen molar-refractivity contribution in [3.63, 3.8) is 0 Å². The number of nitrogens with zero attached hydrogens (tertiary/aromatic N) is 3. The summed E-state index contributed by atoms with van der Waals surface area (Å²) in [5.41, 5.74) is 12.1. The lowest BCUT2D eigenvalue weighted by atomic mass is 9.91. The zero-order chi connectivity index (χ0) is 37.9. The molecule has 2 unspecified atom stereocenters. The molecule has 2 atom stereocenters. The van der Waals surface area contributed by atoms with Crippen LogP contribution in [-0.2, 0) is 6.42 Å². The quantitative estimate of drug-likeness (QED) is 0.177. The van der Waals surface area contributed by atoms with Crippen molar-refractivity contribution in [1.82, 2.24) is 9.55 Å². The van der Waals surface area contributed by atoms with Gasteiger partial charge in [0.2, 0.25) is 0 Å². The minimum atomic E-state index is 0.103. The van der Waals surface area contributed by atoms with E-state index in [4.69, 9.17) is 4.98 Å². The SMILES string of the molecule is C1=CC2c3ccc4c5ccccc5n(-c5cccc(-c6ccc7sc8c(c7c6)C=CCC8)c5)c4c3N(c3cccc(-c4ccc5sc6ccccc6c5c4)n3)C2C=C1. The summed E-state index contributed by atoms with van der Waals surface area (Å²) < 4.78 is 6.51. The zero-order valence-corrected chi connectivity index (χ0v) is 33.1. The number of pyridine rings is 1. The molecule has 13 rings (SSSR count). The summed E-state index contributed by atoms with van der Waals surface area (Å²) in [5.74, 6) is 1.17. The smallest absolute Gasteiger partial charge is 0.134 e. The Morgan fingerprint density at radius 3 is 2.34 bits per heavy atom. The maximum atomic E-state index is 5.51.